The summed E-state index contributed by atoms with van der Waals surface area (Å²) in [6.45, 7) is 4.11. The molecular formula is C7H14N2O. The standard InChI is InChI=1S/C7H14N2O/c1-2-9-6-3-7(4-8-1)10-5-6/h6-9H,1-5H2. The molecule has 2 aliphatic heterocycles. The van der Waals surface area contributed by atoms with Crippen molar-refractivity contribution in [2.75, 3.05) is 26.2 Å². The van der Waals surface area contributed by atoms with E-state index >= 15 is 0 Å². The molecule has 58 valence electrons. The van der Waals surface area contributed by atoms with Crippen LogP contribution in [0.5, 0.6) is 0 Å². The lowest BCUT2D eigenvalue weighted by atomic mass is 10.1. The quantitative estimate of drug-likeness (QED) is 0.471. The van der Waals surface area contributed by atoms with E-state index in [2.05, 4.69) is 10.6 Å². The van der Waals surface area contributed by atoms with Crippen molar-refractivity contribution < 1.29 is 4.74 Å². The Morgan fingerprint density at radius 3 is 3.30 bits per heavy atom. The van der Waals surface area contributed by atoms with Crippen molar-refractivity contribution in [1.82, 2.24) is 10.6 Å². The molecule has 3 heteroatoms. The van der Waals surface area contributed by atoms with Crippen LogP contribution in [0.3, 0.4) is 0 Å². The van der Waals surface area contributed by atoms with Gasteiger partial charge in [-0.2, -0.15) is 0 Å². The predicted molar refractivity (Wildman–Crippen MR) is 39.0 cm³/mol. The maximum Gasteiger partial charge on any atom is 0.0715 e. The first-order valence-corrected chi connectivity index (χ1v) is 4.01. The van der Waals surface area contributed by atoms with Gasteiger partial charge < -0.3 is 15.4 Å². The van der Waals surface area contributed by atoms with Crippen LogP contribution in [0.2, 0.25) is 0 Å². The highest BCUT2D eigenvalue weighted by Gasteiger charge is 2.25. The SMILES string of the molecule is C1CNC2COC(CN1)C2. The zero-order chi connectivity index (χ0) is 6.81. The minimum absolute atomic E-state index is 0.470. The van der Waals surface area contributed by atoms with Gasteiger partial charge in [-0.15, -0.1) is 0 Å². The topological polar surface area (TPSA) is 33.3 Å². The molecule has 0 aromatic rings. The third-order valence-corrected chi connectivity index (χ3v) is 2.19. The van der Waals surface area contributed by atoms with E-state index < -0.39 is 0 Å². The van der Waals surface area contributed by atoms with E-state index in [4.69, 9.17) is 4.74 Å². The molecule has 0 spiro atoms. The molecule has 0 saturated carbocycles. The van der Waals surface area contributed by atoms with E-state index in [0.29, 0.717) is 12.1 Å². The molecule has 0 aliphatic carbocycles. The molecule has 2 heterocycles. The monoisotopic (exact) mass is 142 g/mol. The summed E-state index contributed by atoms with van der Waals surface area (Å²) in [5, 5.41) is 6.75. The molecule has 0 aromatic carbocycles. The van der Waals surface area contributed by atoms with Crippen molar-refractivity contribution in [2.45, 2.75) is 18.6 Å². The van der Waals surface area contributed by atoms with Gasteiger partial charge in [0.1, 0.15) is 0 Å². The second-order valence-electron chi connectivity index (χ2n) is 3.05. The Hall–Kier alpha value is -0.120. The first kappa shape index (κ1) is 6.58. The lowest BCUT2D eigenvalue weighted by molar-refractivity contribution is 0.110. The summed E-state index contributed by atoms with van der Waals surface area (Å²) in [5.74, 6) is 0. The Balaban J connectivity index is 1.91. The van der Waals surface area contributed by atoms with Crippen molar-refractivity contribution in [3.05, 3.63) is 0 Å². The molecule has 0 amide bonds. The molecule has 0 aromatic heterocycles. The van der Waals surface area contributed by atoms with E-state index in [1.807, 2.05) is 0 Å². The molecule has 2 saturated heterocycles. The van der Waals surface area contributed by atoms with Gasteiger partial charge in [0.2, 0.25) is 0 Å². The zero-order valence-electron chi connectivity index (χ0n) is 6.10. The zero-order valence-corrected chi connectivity index (χ0v) is 6.10. The van der Waals surface area contributed by atoms with Crippen LogP contribution in [0.1, 0.15) is 6.42 Å². The highest BCUT2D eigenvalue weighted by molar-refractivity contribution is 4.82. The highest BCUT2D eigenvalue weighted by Crippen LogP contribution is 2.12. The summed E-state index contributed by atoms with van der Waals surface area (Å²) in [4.78, 5) is 0. The number of ether oxygens (including phenoxy) is 1. The predicted octanol–water partition coefficient (Wildman–Crippen LogP) is -0.663. The van der Waals surface area contributed by atoms with Gasteiger partial charge in [0.25, 0.3) is 0 Å². The molecule has 3 nitrogen and oxygen atoms in total. The fourth-order valence-corrected chi connectivity index (χ4v) is 1.62. The average molecular weight is 142 g/mol. The molecular weight excluding hydrogens is 128 g/mol. The normalized spacial score (nSPS) is 40.8. The summed E-state index contributed by atoms with van der Waals surface area (Å²) in [6.07, 6.45) is 1.66. The Kier molecular flexibility index (Phi) is 1.88. The Morgan fingerprint density at radius 2 is 2.30 bits per heavy atom. The molecule has 2 fully saturated rings. The van der Waals surface area contributed by atoms with Gasteiger partial charge in [-0.3, -0.25) is 0 Å². The largest absolute Gasteiger partial charge is 0.375 e. The Labute approximate surface area is 61.1 Å². The molecule has 2 aliphatic rings. The van der Waals surface area contributed by atoms with Crippen LogP contribution >= 0.6 is 0 Å². The maximum atomic E-state index is 5.51. The Morgan fingerprint density at radius 1 is 1.30 bits per heavy atom. The summed E-state index contributed by atoms with van der Waals surface area (Å²) < 4.78 is 5.51. The van der Waals surface area contributed by atoms with Crippen LogP contribution in [-0.4, -0.2) is 38.4 Å². The van der Waals surface area contributed by atoms with E-state index in [1.54, 1.807) is 0 Å². The minimum Gasteiger partial charge on any atom is -0.375 e. The van der Waals surface area contributed by atoms with Gasteiger partial charge in [0.05, 0.1) is 12.7 Å². The Bertz CT molecular complexity index is 106. The number of nitrogens with one attached hydrogen (secondary N) is 2. The van der Waals surface area contributed by atoms with Crippen molar-refractivity contribution in [3.8, 4) is 0 Å². The van der Waals surface area contributed by atoms with Crippen LogP contribution in [0, 0.1) is 0 Å². The van der Waals surface area contributed by atoms with Gasteiger partial charge in [-0.1, -0.05) is 0 Å². The molecule has 2 bridgehead atoms. The molecule has 0 radical (unpaired) electrons. The number of hydrogen-bond acceptors (Lipinski definition) is 3. The van der Waals surface area contributed by atoms with E-state index in [9.17, 15) is 0 Å². The first-order valence-electron chi connectivity index (χ1n) is 4.01. The number of fused-ring (bicyclic) bond motifs is 2. The minimum atomic E-state index is 0.470. The van der Waals surface area contributed by atoms with Crippen LogP contribution in [0.15, 0.2) is 0 Å². The van der Waals surface area contributed by atoms with Crippen molar-refractivity contribution in [1.29, 1.82) is 0 Å². The lowest BCUT2D eigenvalue weighted by Crippen LogP contribution is -2.40. The van der Waals surface area contributed by atoms with E-state index in [1.165, 1.54) is 6.42 Å². The summed E-state index contributed by atoms with van der Waals surface area (Å²) in [6, 6.07) is 0.632. The summed E-state index contributed by atoms with van der Waals surface area (Å²) in [5.41, 5.74) is 0. The van der Waals surface area contributed by atoms with Crippen molar-refractivity contribution >= 4 is 0 Å². The summed E-state index contributed by atoms with van der Waals surface area (Å²) in [7, 11) is 0. The smallest absolute Gasteiger partial charge is 0.0715 e. The second-order valence-corrected chi connectivity index (χ2v) is 3.05. The third-order valence-electron chi connectivity index (χ3n) is 2.19. The number of hydrogen-bond donors (Lipinski definition) is 2. The molecule has 2 N–H and O–H groups in total. The van der Waals surface area contributed by atoms with E-state index in [0.717, 1.165) is 26.2 Å². The van der Waals surface area contributed by atoms with Crippen LogP contribution in [-0.2, 0) is 4.74 Å². The lowest BCUT2D eigenvalue weighted by Gasteiger charge is -2.15. The van der Waals surface area contributed by atoms with Crippen molar-refractivity contribution in [2.24, 2.45) is 0 Å². The van der Waals surface area contributed by atoms with Crippen LogP contribution < -0.4 is 10.6 Å². The fraction of sp³-hybridized carbons (Fsp3) is 1.00. The van der Waals surface area contributed by atoms with Gasteiger partial charge >= 0.3 is 0 Å². The van der Waals surface area contributed by atoms with Crippen molar-refractivity contribution in [3.63, 3.8) is 0 Å². The number of rotatable bonds is 0. The maximum absolute atomic E-state index is 5.51. The molecule has 2 rings (SSSR count). The van der Waals surface area contributed by atoms with Gasteiger partial charge in [-0.05, 0) is 6.42 Å². The highest BCUT2D eigenvalue weighted by atomic mass is 16.5. The van der Waals surface area contributed by atoms with E-state index in [-0.39, 0.29) is 0 Å². The summed E-state index contributed by atoms with van der Waals surface area (Å²) >= 11 is 0. The fourth-order valence-electron chi connectivity index (χ4n) is 1.62. The molecule has 2 atom stereocenters. The van der Waals surface area contributed by atoms with Gasteiger partial charge in [-0.25, -0.2) is 0 Å². The average Bonchev–Trinajstić information content (AvgIpc) is 2.30. The third kappa shape index (κ3) is 1.31. The first-order chi connectivity index (χ1) is 4.95. The van der Waals surface area contributed by atoms with Gasteiger partial charge in [0, 0.05) is 25.7 Å². The second kappa shape index (κ2) is 2.86. The van der Waals surface area contributed by atoms with Crippen LogP contribution in [0.25, 0.3) is 0 Å². The van der Waals surface area contributed by atoms with Gasteiger partial charge in [0.15, 0.2) is 0 Å². The van der Waals surface area contributed by atoms with Crippen LogP contribution in [0.4, 0.5) is 0 Å². The molecule has 10 heavy (non-hydrogen) atoms. The molecule has 2 unspecified atom stereocenters.